The Labute approximate surface area is 319 Å². The average Bonchev–Trinajstić information content (AvgIpc) is 3.90. The highest BCUT2D eigenvalue weighted by Crippen LogP contribution is 2.50. The molecule has 2 nitrogen and oxygen atoms in total. The molecule has 0 amide bonds. The quantitative estimate of drug-likeness (QED) is 0.161. The van der Waals surface area contributed by atoms with Crippen LogP contribution in [0.5, 0.6) is 0 Å². The second-order valence-corrected chi connectivity index (χ2v) is 15.9. The lowest BCUT2D eigenvalue weighted by Gasteiger charge is -2.18. The topological polar surface area (TPSA) is 9.86 Å². The lowest BCUT2D eigenvalue weighted by molar-refractivity contribution is 1.18. The van der Waals surface area contributed by atoms with E-state index in [1.807, 2.05) is 11.3 Å². The largest absolute Gasteiger partial charge is 0.309 e. The number of hydrogen-bond donors (Lipinski definition) is 0. The van der Waals surface area contributed by atoms with Gasteiger partial charge < -0.3 is 9.13 Å². The van der Waals surface area contributed by atoms with E-state index in [9.17, 15) is 0 Å². The second kappa shape index (κ2) is 10.8. The molecular formula is C52H30N2S. The molecule has 0 aliphatic carbocycles. The normalized spacial score (nSPS) is 12.4. The van der Waals surface area contributed by atoms with Crippen LogP contribution in [0.3, 0.4) is 0 Å². The van der Waals surface area contributed by atoms with Gasteiger partial charge in [0, 0.05) is 63.9 Å². The number of rotatable bonds is 3. The van der Waals surface area contributed by atoms with E-state index in [0.717, 1.165) is 0 Å². The summed E-state index contributed by atoms with van der Waals surface area (Å²) in [5.74, 6) is 0. The fraction of sp³-hybridized carbons (Fsp3) is 0. The Kier molecular flexibility index (Phi) is 5.80. The minimum absolute atomic E-state index is 1.17. The molecule has 0 N–H and O–H groups in total. The summed E-state index contributed by atoms with van der Waals surface area (Å²) in [5, 5.41) is 15.5. The van der Waals surface area contributed by atoms with Crippen LogP contribution < -0.4 is 0 Å². The van der Waals surface area contributed by atoms with Gasteiger partial charge in [0.15, 0.2) is 0 Å². The monoisotopic (exact) mass is 714 g/mol. The highest BCUT2D eigenvalue weighted by atomic mass is 32.1. The first-order valence-corrected chi connectivity index (χ1v) is 19.8. The molecule has 55 heavy (non-hydrogen) atoms. The molecule has 0 atom stereocenters. The van der Waals surface area contributed by atoms with Gasteiger partial charge in [-0.15, -0.1) is 11.3 Å². The zero-order valence-electron chi connectivity index (χ0n) is 29.6. The van der Waals surface area contributed by atoms with Gasteiger partial charge >= 0.3 is 0 Å². The van der Waals surface area contributed by atoms with Gasteiger partial charge in [-0.2, -0.15) is 0 Å². The van der Waals surface area contributed by atoms with E-state index < -0.39 is 0 Å². The second-order valence-electron chi connectivity index (χ2n) is 14.8. The van der Waals surface area contributed by atoms with Crippen LogP contribution in [0.25, 0.3) is 119 Å². The fourth-order valence-electron chi connectivity index (χ4n) is 9.77. The van der Waals surface area contributed by atoms with Crippen LogP contribution in [-0.2, 0) is 0 Å². The molecule has 0 saturated heterocycles. The zero-order chi connectivity index (χ0) is 35.8. The van der Waals surface area contributed by atoms with Crippen molar-refractivity contribution in [3.05, 3.63) is 182 Å². The average molecular weight is 715 g/mol. The lowest BCUT2D eigenvalue weighted by Crippen LogP contribution is -1.96. The highest BCUT2D eigenvalue weighted by Gasteiger charge is 2.24. The van der Waals surface area contributed by atoms with Gasteiger partial charge in [-0.1, -0.05) is 109 Å². The lowest BCUT2D eigenvalue weighted by atomic mass is 9.86. The van der Waals surface area contributed by atoms with Crippen LogP contribution in [0, 0.1) is 0 Å². The highest BCUT2D eigenvalue weighted by molar-refractivity contribution is 7.25. The number of fused-ring (bicyclic) bond motifs is 11. The SMILES string of the molecule is c1ccc(-n2c3ccccc3c3c4ccc5c6c(cc7c8ccccc8n(-c8ccccc8)c75)c(-c5ccc7sc8ccccc8c7c5)cc(cc32)c46)cc1. The third kappa shape index (κ3) is 3.92. The first kappa shape index (κ1) is 29.5. The molecule has 0 spiro atoms. The Bertz CT molecular complexity index is 3700. The summed E-state index contributed by atoms with van der Waals surface area (Å²) in [6, 6.07) is 67.7. The maximum Gasteiger partial charge on any atom is 0.0620 e. The number of hydrogen-bond acceptors (Lipinski definition) is 1. The Hall–Kier alpha value is -6.94. The molecule has 254 valence electrons. The Morgan fingerprint density at radius 2 is 0.964 bits per heavy atom. The third-order valence-corrected chi connectivity index (χ3v) is 13.2. The molecule has 0 aliphatic heterocycles. The van der Waals surface area contributed by atoms with Crippen molar-refractivity contribution in [1.82, 2.24) is 9.13 Å². The minimum atomic E-state index is 1.17. The Morgan fingerprint density at radius 1 is 0.327 bits per heavy atom. The molecule has 3 heterocycles. The zero-order valence-corrected chi connectivity index (χ0v) is 30.4. The molecule has 0 unspecified atom stereocenters. The van der Waals surface area contributed by atoms with Crippen molar-refractivity contribution in [2.75, 3.05) is 0 Å². The minimum Gasteiger partial charge on any atom is -0.309 e. The van der Waals surface area contributed by atoms with Gasteiger partial charge in [-0.05, 0) is 105 Å². The van der Waals surface area contributed by atoms with Gasteiger partial charge in [-0.3, -0.25) is 0 Å². The van der Waals surface area contributed by atoms with Crippen molar-refractivity contribution in [3.8, 4) is 22.5 Å². The smallest absolute Gasteiger partial charge is 0.0620 e. The summed E-state index contributed by atoms with van der Waals surface area (Å²) >= 11 is 1.88. The molecule has 0 aliphatic rings. The van der Waals surface area contributed by atoms with Crippen molar-refractivity contribution in [2.24, 2.45) is 0 Å². The Balaban J connectivity index is 1.26. The molecular weight excluding hydrogens is 685 g/mol. The van der Waals surface area contributed by atoms with E-state index in [0.29, 0.717) is 0 Å². The number of benzene rings is 10. The predicted octanol–water partition coefficient (Wildman–Crippen LogP) is 14.8. The molecule has 3 heteroatoms. The van der Waals surface area contributed by atoms with Gasteiger partial charge in [0.2, 0.25) is 0 Å². The van der Waals surface area contributed by atoms with E-state index in [2.05, 4.69) is 191 Å². The van der Waals surface area contributed by atoms with Gasteiger partial charge in [-0.25, -0.2) is 0 Å². The first-order chi connectivity index (χ1) is 27.3. The van der Waals surface area contributed by atoms with Gasteiger partial charge in [0.1, 0.15) is 0 Å². The van der Waals surface area contributed by atoms with Crippen molar-refractivity contribution in [3.63, 3.8) is 0 Å². The van der Waals surface area contributed by atoms with Crippen LogP contribution in [0.4, 0.5) is 0 Å². The van der Waals surface area contributed by atoms with E-state index in [1.165, 1.54) is 119 Å². The van der Waals surface area contributed by atoms with Crippen LogP contribution in [0.1, 0.15) is 0 Å². The molecule has 0 radical (unpaired) electrons. The van der Waals surface area contributed by atoms with Gasteiger partial charge in [0.25, 0.3) is 0 Å². The number of para-hydroxylation sites is 4. The van der Waals surface area contributed by atoms with Crippen LogP contribution in [-0.4, -0.2) is 9.13 Å². The maximum absolute atomic E-state index is 2.50. The van der Waals surface area contributed by atoms with Crippen molar-refractivity contribution >= 4 is 107 Å². The predicted molar refractivity (Wildman–Crippen MR) is 237 cm³/mol. The van der Waals surface area contributed by atoms with Crippen molar-refractivity contribution < 1.29 is 0 Å². The molecule has 10 aromatic carbocycles. The van der Waals surface area contributed by atoms with E-state index >= 15 is 0 Å². The van der Waals surface area contributed by atoms with Crippen molar-refractivity contribution in [2.45, 2.75) is 0 Å². The molecule has 0 saturated carbocycles. The first-order valence-electron chi connectivity index (χ1n) is 18.9. The number of nitrogens with zero attached hydrogens (tertiary/aromatic N) is 2. The summed E-state index contributed by atoms with van der Waals surface area (Å²) in [4.78, 5) is 0. The van der Waals surface area contributed by atoms with E-state index in [4.69, 9.17) is 0 Å². The summed E-state index contributed by atoms with van der Waals surface area (Å²) in [5.41, 5.74) is 9.79. The summed E-state index contributed by atoms with van der Waals surface area (Å²) < 4.78 is 7.59. The van der Waals surface area contributed by atoms with Crippen LogP contribution >= 0.6 is 11.3 Å². The fourth-order valence-corrected chi connectivity index (χ4v) is 10.9. The molecule has 0 bridgehead atoms. The Morgan fingerprint density at radius 3 is 1.76 bits per heavy atom. The van der Waals surface area contributed by atoms with Crippen molar-refractivity contribution in [1.29, 1.82) is 0 Å². The molecule has 13 rings (SSSR count). The van der Waals surface area contributed by atoms with E-state index in [1.54, 1.807) is 0 Å². The van der Waals surface area contributed by atoms with Crippen LogP contribution in [0.15, 0.2) is 182 Å². The number of thiophene rings is 1. The third-order valence-electron chi connectivity index (χ3n) is 12.0. The van der Waals surface area contributed by atoms with E-state index in [-0.39, 0.29) is 0 Å². The standard InChI is InChI=1S/C52H30N2S/c1-3-13-33(14-4-1)53-45-21-11-8-19-37(45)50-38-24-25-39-51-42(30-43-35-17-7-10-20-44(35)54(52(39)43)34-15-5-2-6-16-34)40(28-32(49(38)51)29-46(50)53)31-23-26-48-41(27-31)36-18-9-12-22-47(36)55-48/h1-30H. The summed E-state index contributed by atoms with van der Waals surface area (Å²) in [6.45, 7) is 0. The van der Waals surface area contributed by atoms with Crippen LogP contribution in [0.2, 0.25) is 0 Å². The molecule has 13 aromatic rings. The number of aromatic nitrogens is 2. The molecule has 0 fully saturated rings. The summed E-state index contributed by atoms with van der Waals surface area (Å²) in [7, 11) is 0. The summed E-state index contributed by atoms with van der Waals surface area (Å²) in [6.07, 6.45) is 0. The maximum atomic E-state index is 2.50. The molecule has 3 aromatic heterocycles. The van der Waals surface area contributed by atoms with Gasteiger partial charge in [0.05, 0.1) is 22.1 Å².